The lowest BCUT2D eigenvalue weighted by molar-refractivity contribution is -0.136. The van der Waals surface area contributed by atoms with Crippen molar-refractivity contribution in [3.63, 3.8) is 0 Å². The molecule has 3 aliphatic rings. The summed E-state index contributed by atoms with van der Waals surface area (Å²) in [6, 6.07) is 16.0. The predicted molar refractivity (Wildman–Crippen MR) is 147 cm³/mol. The number of amides is 4. The maximum atomic E-state index is 13.7. The topological polar surface area (TPSA) is 81.8 Å². The number of urea groups is 1. The average Bonchev–Trinajstić information content (AvgIpc) is 3.37. The van der Waals surface area contributed by atoms with Crippen LogP contribution in [0, 0.1) is 18.8 Å². The highest BCUT2D eigenvalue weighted by atomic mass is 16.2. The SMILES string of the molecule is Cc1ccc(CNC(=O)N2CCCCCCNC(=O)C3CC(C(=O)N4CCc5ccccc5C4)CC32)cc1. The Balaban J connectivity index is 1.32. The zero-order valence-corrected chi connectivity index (χ0v) is 22.5. The smallest absolute Gasteiger partial charge is 0.317 e. The standard InChI is InChI=1S/C31H40N4O3/c1-22-10-12-23(13-11-22)20-33-31(38)35-16-7-3-2-6-15-32-29(36)27-18-26(19-28(27)35)30(37)34-17-14-24-8-4-5-9-25(24)21-34/h4-5,8-13,26-28H,2-3,6-7,14-21H2,1H3,(H,32,36)(H,33,38). The lowest BCUT2D eigenvalue weighted by Crippen LogP contribution is -2.50. The van der Waals surface area contributed by atoms with Crippen molar-refractivity contribution < 1.29 is 14.4 Å². The predicted octanol–water partition coefficient (Wildman–Crippen LogP) is 4.18. The van der Waals surface area contributed by atoms with E-state index in [9.17, 15) is 14.4 Å². The van der Waals surface area contributed by atoms with Crippen molar-refractivity contribution in [3.05, 3.63) is 70.8 Å². The molecule has 2 heterocycles. The maximum Gasteiger partial charge on any atom is 0.317 e. The second-order valence-corrected chi connectivity index (χ2v) is 11.2. The van der Waals surface area contributed by atoms with Gasteiger partial charge < -0.3 is 20.4 Å². The molecule has 1 saturated carbocycles. The quantitative estimate of drug-likeness (QED) is 0.642. The molecule has 2 N–H and O–H groups in total. The second kappa shape index (κ2) is 12.0. The lowest BCUT2D eigenvalue weighted by atomic mass is 9.97. The third-order valence-corrected chi connectivity index (χ3v) is 8.51. The molecule has 2 fully saturated rings. The summed E-state index contributed by atoms with van der Waals surface area (Å²) in [6.45, 7) is 5.06. The van der Waals surface area contributed by atoms with Crippen LogP contribution in [0.4, 0.5) is 4.79 Å². The van der Waals surface area contributed by atoms with Crippen molar-refractivity contribution in [2.75, 3.05) is 19.6 Å². The minimum atomic E-state index is -0.371. The third kappa shape index (κ3) is 6.03. The Bertz CT molecular complexity index is 1150. The first-order chi connectivity index (χ1) is 18.5. The number of hydrogen-bond donors (Lipinski definition) is 2. The van der Waals surface area contributed by atoms with E-state index in [4.69, 9.17) is 0 Å². The first-order valence-electron chi connectivity index (χ1n) is 14.2. The van der Waals surface area contributed by atoms with Crippen LogP contribution >= 0.6 is 0 Å². The van der Waals surface area contributed by atoms with Crippen LogP contribution in [0.5, 0.6) is 0 Å². The van der Waals surface area contributed by atoms with Crippen LogP contribution < -0.4 is 10.6 Å². The van der Waals surface area contributed by atoms with E-state index in [0.717, 1.165) is 37.7 Å². The first-order valence-corrected chi connectivity index (χ1v) is 14.2. The van der Waals surface area contributed by atoms with E-state index in [1.165, 1.54) is 16.7 Å². The second-order valence-electron chi connectivity index (χ2n) is 11.2. The molecule has 0 radical (unpaired) electrons. The van der Waals surface area contributed by atoms with E-state index in [1.807, 2.05) is 53.1 Å². The van der Waals surface area contributed by atoms with Crippen molar-refractivity contribution in [1.29, 1.82) is 0 Å². The van der Waals surface area contributed by atoms with E-state index in [-0.39, 0.29) is 35.7 Å². The van der Waals surface area contributed by atoms with Gasteiger partial charge in [-0.3, -0.25) is 9.59 Å². The molecule has 7 nitrogen and oxygen atoms in total. The molecule has 1 aliphatic carbocycles. The normalized spacial score (nSPS) is 24.0. The Morgan fingerprint density at radius 2 is 1.71 bits per heavy atom. The largest absolute Gasteiger partial charge is 0.356 e. The molecule has 5 rings (SSSR count). The van der Waals surface area contributed by atoms with Crippen LogP contribution in [0.1, 0.15) is 60.8 Å². The molecule has 2 aliphatic heterocycles. The van der Waals surface area contributed by atoms with Crippen LogP contribution in [-0.2, 0) is 29.1 Å². The summed E-state index contributed by atoms with van der Waals surface area (Å²) in [5.74, 6) is -0.528. The molecule has 3 unspecified atom stereocenters. The zero-order valence-electron chi connectivity index (χ0n) is 22.5. The molecular weight excluding hydrogens is 476 g/mol. The van der Waals surface area contributed by atoms with Gasteiger partial charge in [0.1, 0.15) is 0 Å². The van der Waals surface area contributed by atoms with Crippen molar-refractivity contribution in [1.82, 2.24) is 20.4 Å². The van der Waals surface area contributed by atoms with Gasteiger partial charge >= 0.3 is 6.03 Å². The summed E-state index contributed by atoms with van der Waals surface area (Å²) in [6.07, 6.45) is 5.78. The number of aryl methyl sites for hydroxylation is 1. The third-order valence-electron chi connectivity index (χ3n) is 8.51. The Hall–Kier alpha value is -3.35. The Morgan fingerprint density at radius 1 is 0.947 bits per heavy atom. The molecule has 2 aromatic rings. The molecule has 202 valence electrons. The van der Waals surface area contributed by atoms with E-state index >= 15 is 0 Å². The van der Waals surface area contributed by atoms with Gasteiger partial charge in [-0.05, 0) is 55.7 Å². The highest BCUT2D eigenvalue weighted by Crippen LogP contribution is 2.37. The molecule has 2 aromatic carbocycles. The minimum Gasteiger partial charge on any atom is -0.356 e. The number of rotatable bonds is 3. The van der Waals surface area contributed by atoms with Gasteiger partial charge in [0.25, 0.3) is 0 Å². The zero-order chi connectivity index (χ0) is 26.5. The van der Waals surface area contributed by atoms with E-state index < -0.39 is 0 Å². The molecule has 3 atom stereocenters. The molecule has 38 heavy (non-hydrogen) atoms. The van der Waals surface area contributed by atoms with Crippen LogP contribution in [-0.4, -0.2) is 53.3 Å². The molecule has 0 bridgehead atoms. The highest BCUT2D eigenvalue weighted by molar-refractivity contribution is 5.85. The summed E-state index contributed by atoms with van der Waals surface area (Å²) in [4.78, 5) is 44.4. The summed E-state index contributed by atoms with van der Waals surface area (Å²) in [5.41, 5.74) is 4.74. The molecule has 0 spiro atoms. The minimum absolute atomic E-state index is 0.0208. The molecule has 7 heteroatoms. The summed E-state index contributed by atoms with van der Waals surface area (Å²) < 4.78 is 0. The Kier molecular flexibility index (Phi) is 8.30. The van der Waals surface area contributed by atoms with E-state index in [2.05, 4.69) is 22.8 Å². The fraction of sp³-hybridized carbons (Fsp3) is 0.516. The molecule has 1 saturated heterocycles. The number of hydrogen-bond acceptors (Lipinski definition) is 3. The van der Waals surface area contributed by atoms with Gasteiger partial charge in [-0.15, -0.1) is 0 Å². The van der Waals surface area contributed by atoms with Crippen LogP contribution in [0.25, 0.3) is 0 Å². The monoisotopic (exact) mass is 516 g/mol. The summed E-state index contributed by atoms with van der Waals surface area (Å²) in [5, 5.41) is 6.20. The van der Waals surface area contributed by atoms with E-state index in [1.54, 1.807) is 0 Å². The summed E-state index contributed by atoms with van der Waals surface area (Å²) in [7, 11) is 0. The van der Waals surface area contributed by atoms with Crippen molar-refractivity contribution in [2.24, 2.45) is 11.8 Å². The average molecular weight is 517 g/mol. The van der Waals surface area contributed by atoms with Crippen LogP contribution in [0.3, 0.4) is 0 Å². The molecule has 0 aromatic heterocycles. The van der Waals surface area contributed by atoms with Crippen LogP contribution in [0.15, 0.2) is 48.5 Å². The summed E-state index contributed by atoms with van der Waals surface area (Å²) >= 11 is 0. The van der Waals surface area contributed by atoms with Gasteiger partial charge in [0, 0.05) is 44.7 Å². The fourth-order valence-electron chi connectivity index (χ4n) is 6.29. The first kappa shape index (κ1) is 26.3. The molecule has 4 amide bonds. The van der Waals surface area contributed by atoms with Gasteiger partial charge in [0.15, 0.2) is 0 Å². The van der Waals surface area contributed by atoms with Crippen molar-refractivity contribution in [3.8, 4) is 0 Å². The fourth-order valence-corrected chi connectivity index (χ4v) is 6.29. The number of fused-ring (bicyclic) bond motifs is 2. The van der Waals surface area contributed by atoms with Gasteiger partial charge in [0.2, 0.25) is 11.8 Å². The lowest BCUT2D eigenvalue weighted by Gasteiger charge is -2.33. The van der Waals surface area contributed by atoms with E-state index in [0.29, 0.717) is 45.6 Å². The number of carbonyl (C=O) groups excluding carboxylic acids is 3. The Labute approximate surface area is 226 Å². The van der Waals surface area contributed by atoms with Gasteiger partial charge in [-0.1, -0.05) is 66.9 Å². The van der Waals surface area contributed by atoms with Gasteiger partial charge in [-0.25, -0.2) is 4.79 Å². The van der Waals surface area contributed by atoms with Crippen molar-refractivity contribution >= 4 is 17.8 Å². The van der Waals surface area contributed by atoms with Gasteiger partial charge in [0.05, 0.1) is 5.92 Å². The highest BCUT2D eigenvalue weighted by Gasteiger charge is 2.46. The number of benzene rings is 2. The molecular formula is C31H40N4O3. The van der Waals surface area contributed by atoms with Gasteiger partial charge in [-0.2, -0.15) is 0 Å². The van der Waals surface area contributed by atoms with Crippen LogP contribution in [0.2, 0.25) is 0 Å². The number of carbonyl (C=O) groups is 3. The Morgan fingerprint density at radius 3 is 2.53 bits per heavy atom. The number of nitrogens with zero attached hydrogens (tertiary/aromatic N) is 2. The number of nitrogens with one attached hydrogen (secondary N) is 2. The maximum absolute atomic E-state index is 13.7. The van der Waals surface area contributed by atoms with Crippen molar-refractivity contribution in [2.45, 2.75) is 71.0 Å².